The minimum Gasteiger partial charge on any atom is -0.391 e. The summed E-state index contributed by atoms with van der Waals surface area (Å²) in [7, 11) is 0. The second-order valence-electron chi connectivity index (χ2n) is 5.78. The highest BCUT2D eigenvalue weighted by Gasteiger charge is 2.25. The molecule has 4 nitrogen and oxygen atoms in total. The van der Waals surface area contributed by atoms with Crippen molar-refractivity contribution in [1.82, 2.24) is 5.32 Å². The van der Waals surface area contributed by atoms with Gasteiger partial charge >= 0.3 is 0 Å². The van der Waals surface area contributed by atoms with Crippen LogP contribution in [-0.2, 0) is 4.79 Å². The second-order valence-corrected chi connectivity index (χ2v) is 5.78. The predicted molar refractivity (Wildman–Crippen MR) is 73.1 cm³/mol. The lowest BCUT2D eigenvalue weighted by molar-refractivity contribution is -0.126. The summed E-state index contributed by atoms with van der Waals surface area (Å²) in [4.78, 5) is 12.0. The van der Waals surface area contributed by atoms with E-state index in [1.54, 1.807) is 0 Å². The largest absolute Gasteiger partial charge is 0.391 e. The summed E-state index contributed by atoms with van der Waals surface area (Å²) in [5.41, 5.74) is 5.69. The highest BCUT2D eigenvalue weighted by Crippen LogP contribution is 2.19. The molecule has 0 aliphatic heterocycles. The first kappa shape index (κ1) is 15.4. The Balaban J connectivity index is 2.26. The first-order valence-corrected chi connectivity index (χ1v) is 7.24. The maximum atomic E-state index is 12.0. The quantitative estimate of drug-likeness (QED) is 0.675. The minimum atomic E-state index is -0.362. The van der Waals surface area contributed by atoms with E-state index in [-0.39, 0.29) is 30.0 Å². The summed E-state index contributed by atoms with van der Waals surface area (Å²) in [6.07, 6.45) is 6.33. The van der Waals surface area contributed by atoms with Gasteiger partial charge in [0.15, 0.2) is 0 Å². The minimum absolute atomic E-state index is 0.0119. The molecule has 4 N–H and O–H groups in total. The molecule has 1 aliphatic rings. The fourth-order valence-corrected chi connectivity index (χ4v) is 2.48. The van der Waals surface area contributed by atoms with Gasteiger partial charge in [0.25, 0.3) is 0 Å². The highest BCUT2D eigenvalue weighted by atomic mass is 16.3. The van der Waals surface area contributed by atoms with Crippen molar-refractivity contribution in [3.8, 4) is 0 Å². The van der Waals surface area contributed by atoms with Gasteiger partial charge in [-0.25, -0.2) is 0 Å². The van der Waals surface area contributed by atoms with Crippen LogP contribution in [0.4, 0.5) is 0 Å². The molecule has 0 aromatic heterocycles. The molecule has 1 amide bonds. The summed E-state index contributed by atoms with van der Waals surface area (Å²) >= 11 is 0. The van der Waals surface area contributed by atoms with Gasteiger partial charge in [-0.05, 0) is 32.6 Å². The lowest BCUT2D eigenvalue weighted by Gasteiger charge is -2.29. The number of nitrogens with two attached hydrogens (primary N) is 1. The molecule has 1 fully saturated rings. The summed E-state index contributed by atoms with van der Waals surface area (Å²) in [6.45, 7) is 3.94. The average Bonchev–Trinajstić information content (AvgIpc) is 2.31. The van der Waals surface area contributed by atoms with E-state index in [9.17, 15) is 9.90 Å². The van der Waals surface area contributed by atoms with Crippen LogP contribution in [0.1, 0.15) is 58.8 Å². The molecule has 4 atom stereocenters. The van der Waals surface area contributed by atoms with Gasteiger partial charge in [-0.1, -0.05) is 26.2 Å². The fraction of sp³-hybridized carbons (Fsp3) is 0.929. The molecular weight excluding hydrogens is 228 g/mol. The first-order chi connectivity index (χ1) is 8.50. The van der Waals surface area contributed by atoms with Crippen molar-refractivity contribution in [3.63, 3.8) is 0 Å². The Hall–Kier alpha value is -0.610. The van der Waals surface area contributed by atoms with E-state index < -0.39 is 0 Å². The Morgan fingerprint density at radius 3 is 2.61 bits per heavy atom. The van der Waals surface area contributed by atoms with Crippen molar-refractivity contribution in [1.29, 1.82) is 0 Å². The summed E-state index contributed by atoms with van der Waals surface area (Å²) in [5, 5.41) is 12.8. The molecule has 0 saturated heterocycles. The summed E-state index contributed by atoms with van der Waals surface area (Å²) < 4.78 is 0. The Morgan fingerprint density at radius 2 is 2.00 bits per heavy atom. The van der Waals surface area contributed by atoms with E-state index in [0.717, 1.165) is 44.9 Å². The van der Waals surface area contributed by atoms with Gasteiger partial charge in [-0.3, -0.25) is 4.79 Å². The second kappa shape index (κ2) is 7.74. The third kappa shape index (κ3) is 5.36. The van der Waals surface area contributed by atoms with Gasteiger partial charge in [0, 0.05) is 12.0 Å². The van der Waals surface area contributed by atoms with Crippen molar-refractivity contribution in [2.75, 3.05) is 0 Å². The van der Waals surface area contributed by atoms with E-state index in [4.69, 9.17) is 5.73 Å². The molecule has 18 heavy (non-hydrogen) atoms. The van der Waals surface area contributed by atoms with Crippen molar-refractivity contribution in [2.24, 2.45) is 11.7 Å². The van der Waals surface area contributed by atoms with E-state index in [1.165, 1.54) is 0 Å². The van der Waals surface area contributed by atoms with E-state index >= 15 is 0 Å². The first-order valence-electron chi connectivity index (χ1n) is 7.24. The monoisotopic (exact) mass is 256 g/mol. The topological polar surface area (TPSA) is 75.4 Å². The van der Waals surface area contributed by atoms with Crippen LogP contribution >= 0.6 is 0 Å². The van der Waals surface area contributed by atoms with Gasteiger partial charge < -0.3 is 16.2 Å². The number of hydrogen-bond acceptors (Lipinski definition) is 3. The molecule has 1 rings (SSSR count). The van der Waals surface area contributed by atoms with E-state index in [2.05, 4.69) is 5.32 Å². The van der Waals surface area contributed by atoms with Crippen LogP contribution in [0.15, 0.2) is 0 Å². The molecule has 0 aromatic rings. The number of hydrogen-bond donors (Lipinski definition) is 3. The van der Waals surface area contributed by atoms with Gasteiger partial charge in [0.1, 0.15) is 0 Å². The summed E-state index contributed by atoms with van der Waals surface area (Å²) in [5.74, 6) is 0.0866. The molecule has 0 aromatic carbocycles. The number of nitrogens with one attached hydrogen (secondary N) is 1. The molecule has 0 heterocycles. The van der Waals surface area contributed by atoms with Crippen molar-refractivity contribution in [2.45, 2.75) is 77.0 Å². The molecule has 0 bridgehead atoms. The molecule has 0 spiro atoms. The molecule has 0 radical (unpaired) electrons. The van der Waals surface area contributed by atoms with Crippen LogP contribution in [0, 0.1) is 5.92 Å². The fourth-order valence-electron chi connectivity index (χ4n) is 2.48. The van der Waals surface area contributed by atoms with E-state index in [1.807, 2.05) is 13.8 Å². The SMILES string of the molecule is CC(N)CCCC(C)C(=O)N[C@H]1CCCC[C@@H]1O. The molecular formula is C14H28N2O2. The Labute approximate surface area is 110 Å². The molecule has 1 saturated carbocycles. The van der Waals surface area contributed by atoms with Crippen LogP contribution in [-0.4, -0.2) is 29.2 Å². The zero-order valence-electron chi connectivity index (χ0n) is 11.7. The van der Waals surface area contributed by atoms with Gasteiger partial charge in [-0.15, -0.1) is 0 Å². The third-order valence-corrected chi connectivity index (χ3v) is 3.80. The number of aliphatic hydroxyl groups excluding tert-OH is 1. The zero-order valence-corrected chi connectivity index (χ0v) is 11.7. The Kier molecular flexibility index (Phi) is 6.65. The molecule has 2 unspecified atom stereocenters. The molecule has 1 aliphatic carbocycles. The summed E-state index contributed by atoms with van der Waals surface area (Å²) in [6, 6.07) is 0.169. The highest BCUT2D eigenvalue weighted by molar-refractivity contribution is 5.78. The van der Waals surface area contributed by atoms with Gasteiger partial charge in [-0.2, -0.15) is 0 Å². The predicted octanol–water partition coefficient (Wildman–Crippen LogP) is 1.56. The number of carbonyl (C=O) groups excluding carboxylic acids is 1. The van der Waals surface area contributed by atoms with E-state index in [0.29, 0.717) is 0 Å². The molecule has 106 valence electrons. The Morgan fingerprint density at radius 1 is 1.33 bits per heavy atom. The number of carbonyl (C=O) groups is 1. The lowest BCUT2D eigenvalue weighted by Crippen LogP contribution is -2.46. The Bertz CT molecular complexity index is 256. The van der Waals surface area contributed by atoms with Crippen molar-refractivity contribution >= 4 is 5.91 Å². The van der Waals surface area contributed by atoms with Crippen LogP contribution in [0.2, 0.25) is 0 Å². The number of rotatable bonds is 6. The third-order valence-electron chi connectivity index (χ3n) is 3.80. The van der Waals surface area contributed by atoms with Gasteiger partial charge in [0.2, 0.25) is 5.91 Å². The van der Waals surface area contributed by atoms with Gasteiger partial charge in [0.05, 0.1) is 12.1 Å². The normalized spacial score (nSPS) is 27.6. The van der Waals surface area contributed by atoms with Crippen LogP contribution < -0.4 is 11.1 Å². The lowest BCUT2D eigenvalue weighted by atomic mass is 9.91. The number of amides is 1. The van der Waals surface area contributed by atoms with Crippen LogP contribution in [0.3, 0.4) is 0 Å². The van der Waals surface area contributed by atoms with Crippen LogP contribution in [0.25, 0.3) is 0 Å². The maximum absolute atomic E-state index is 12.0. The zero-order chi connectivity index (χ0) is 13.5. The maximum Gasteiger partial charge on any atom is 0.223 e. The number of aliphatic hydroxyl groups is 1. The standard InChI is InChI=1S/C14H28N2O2/c1-10(6-5-7-11(2)15)14(18)16-12-8-3-4-9-13(12)17/h10-13,17H,3-9,15H2,1-2H3,(H,16,18)/t10?,11?,12-,13-/m0/s1. The van der Waals surface area contributed by atoms with Crippen molar-refractivity contribution in [3.05, 3.63) is 0 Å². The van der Waals surface area contributed by atoms with Crippen LogP contribution in [0.5, 0.6) is 0 Å². The average molecular weight is 256 g/mol. The smallest absolute Gasteiger partial charge is 0.223 e. The molecule has 4 heteroatoms. The van der Waals surface area contributed by atoms with Crippen molar-refractivity contribution < 1.29 is 9.90 Å².